The van der Waals surface area contributed by atoms with Gasteiger partial charge in [0.15, 0.2) is 6.10 Å². The van der Waals surface area contributed by atoms with Crippen LogP contribution in [-0.2, 0) is 19.1 Å². The van der Waals surface area contributed by atoms with Crippen molar-refractivity contribution in [2.24, 2.45) is 0 Å². The van der Waals surface area contributed by atoms with Crippen LogP contribution in [0.4, 0.5) is 0 Å². The van der Waals surface area contributed by atoms with Gasteiger partial charge in [0, 0.05) is 12.8 Å². The molecule has 5 nitrogen and oxygen atoms in total. The molecule has 0 rings (SSSR count). The number of aliphatic hydroxyl groups is 1. The van der Waals surface area contributed by atoms with Crippen molar-refractivity contribution in [3.8, 4) is 0 Å². The molecule has 0 heterocycles. The van der Waals surface area contributed by atoms with Crippen LogP contribution in [0.2, 0.25) is 0 Å². The number of esters is 2. The number of hydrogen-bond acceptors (Lipinski definition) is 5. The molecule has 0 aliphatic rings. The monoisotopic (exact) mass is 1150 g/mol. The maximum atomic E-state index is 12.4. The molecule has 0 radical (unpaired) electrons. The summed E-state index contributed by atoms with van der Waals surface area (Å²) in [4.78, 5) is 24.7. The van der Waals surface area contributed by atoms with E-state index in [-0.39, 0.29) is 25.2 Å². The van der Waals surface area contributed by atoms with Crippen molar-refractivity contribution in [1.29, 1.82) is 0 Å². The van der Waals surface area contributed by atoms with Gasteiger partial charge >= 0.3 is 11.9 Å². The Kier molecular flexibility index (Phi) is 71.2. The Morgan fingerprint density at radius 3 is 0.793 bits per heavy atom. The molecule has 0 aromatic carbocycles. The number of carbonyl (C=O) groups excluding carboxylic acids is 2. The maximum Gasteiger partial charge on any atom is 0.306 e. The van der Waals surface area contributed by atoms with Crippen LogP contribution < -0.4 is 0 Å². The molecular weight excluding hydrogens is 1000 g/mol. The summed E-state index contributed by atoms with van der Waals surface area (Å²) in [7, 11) is 0. The number of ether oxygens (including phenoxy) is 2. The van der Waals surface area contributed by atoms with E-state index in [1.165, 1.54) is 327 Å². The highest BCUT2D eigenvalue weighted by Gasteiger charge is 2.16. The second-order valence-electron chi connectivity index (χ2n) is 25.4. The molecule has 1 N–H and O–H groups in total. The van der Waals surface area contributed by atoms with E-state index >= 15 is 0 Å². The highest BCUT2D eigenvalue weighted by Crippen LogP contribution is 2.20. The van der Waals surface area contributed by atoms with Gasteiger partial charge in [-0.2, -0.15) is 0 Å². The van der Waals surface area contributed by atoms with Crippen LogP contribution in [0.3, 0.4) is 0 Å². The molecule has 82 heavy (non-hydrogen) atoms. The average Bonchev–Trinajstić information content (AvgIpc) is 3.49. The zero-order valence-electron chi connectivity index (χ0n) is 55.5. The van der Waals surface area contributed by atoms with Crippen molar-refractivity contribution in [3.63, 3.8) is 0 Å². The summed E-state index contributed by atoms with van der Waals surface area (Å²) in [6.45, 7) is 4.10. The van der Waals surface area contributed by atoms with Gasteiger partial charge in [-0.05, 0) is 51.4 Å². The van der Waals surface area contributed by atoms with Crippen molar-refractivity contribution in [3.05, 3.63) is 48.6 Å². The van der Waals surface area contributed by atoms with Crippen LogP contribution in [0.1, 0.15) is 412 Å². The number of unbranched alkanes of at least 4 members (excludes halogenated alkanes) is 54. The van der Waals surface area contributed by atoms with Gasteiger partial charge in [-0.1, -0.05) is 396 Å². The molecule has 0 amide bonds. The topological polar surface area (TPSA) is 72.8 Å². The van der Waals surface area contributed by atoms with Crippen LogP contribution in [0.5, 0.6) is 0 Å². The first-order valence-corrected chi connectivity index (χ1v) is 37.2. The molecule has 0 spiro atoms. The molecule has 482 valence electrons. The summed E-state index contributed by atoms with van der Waals surface area (Å²) in [5, 5.41) is 9.71. The van der Waals surface area contributed by atoms with Gasteiger partial charge in [-0.25, -0.2) is 0 Å². The van der Waals surface area contributed by atoms with Crippen LogP contribution in [0.25, 0.3) is 0 Å². The Bertz CT molecular complexity index is 1350. The van der Waals surface area contributed by atoms with E-state index in [0.29, 0.717) is 12.8 Å². The van der Waals surface area contributed by atoms with Gasteiger partial charge in [0.25, 0.3) is 0 Å². The molecule has 0 aliphatic heterocycles. The Hall–Kier alpha value is -2.14. The molecule has 0 bridgehead atoms. The maximum absolute atomic E-state index is 12.4. The molecule has 0 fully saturated rings. The van der Waals surface area contributed by atoms with Gasteiger partial charge in [0.05, 0.1) is 6.61 Å². The summed E-state index contributed by atoms with van der Waals surface area (Å²) in [6.07, 6.45) is 99.0. The Balaban J connectivity index is 3.36. The van der Waals surface area contributed by atoms with E-state index in [2.05, 4.69) is 62.5 Å². The lowest BCUT2D eigenvalue weighted by Crippen LogP contribution is -2.28. The Morgan fingerprint density at radius 2 is 0.524 bits per heavy atom. The number of carbonyl (C=O) groups is 2. The van der Waals surface area contributed by atoms with E-state index in [9.17, 15) is 14.7 Å². The minimum absolute atomic E-state index is 0.0580. The predicted octanol–water partition coefficient (Wildman–Crippen LogP) is 25.9. The Labute approximate surface area is 513 Å². The van der Waals surface area contributed by atoms with Crippen LogP contribution in [-0.4, -0.2) is 36.4 Å². The number of rotatable bonds is 70. The van der Waals surface area contributed by atoms with Crippen LogP contribution >= 0.6 is 0 Å². The first kappa shape index (κ1) is 79.9. The van der Waals surface area contributed by atoms with Crippen molar-refractivity contribution < 1.29 is 24.2 Å². The van der Waals surface area contributed by atoms with E-state index in [1.54, 1.807) is 0 Å². The van der Waals surface area contributed by atoms with Crippen LogP contribution in [0.15, 0.2) is 48.6 Å². The Morgan fingerprint density at radius 1 is 0.293 bits per heavy atom. The predicted molar refractivity (Wildman–Crippen MR) is 362 cm³/mol. The van der Waals surface area contributed by atoms with Gasteiger partial charge in [-0.15, -0.1) is 0 Å². The molecule has 0 aromatic heterocycles. The van der Waals surface area contributed by atoms with Gasteiger partial charge in [0.1, 0.15) is 6.61 Å². The minimum atomic E-state index is -0.769. The normalized spacial score (nSPS) is 12.4. The first-order valence-electron chi connectivity index (χ1n) is 37.2. The third kappa shape index (κ3) is 70.3. The number of hydrogen-bond donors (Lipinski definition) is 1. The van der Waals surface area contributed by atoms with Crippen molar-refractivity contribution in [1.82, 2.24) is 0 Å². The van der Waals surface area contributed by atoms with E-state index < -0.39 is 6.10 Å². The van der Waals surface area contributed by atoms with E-state index in [4.69, 9.17) is 9.47 Å². The van der Waals surface area contributed by atoms with E-state index in [1.807, 2.05) is 0 Å². The quantitative estimate of drug-likeness (QED) is 0.0373. The average molecular weight is 1150 g/mol. The van der Waals surface area contributed by atoms with Crippen molar-refractivity contribution in [2.75, 3.05) is 13.2 Å². The highest BCUT2D eigenvalue weighted by molar-refractivity contribution is 5.70. The molecule has 0 saturated carbocycles. The van der Waals surface area contributed by atoms with Gasteiger partial charge in [-0.3, -0.25) is 9.59 Å². The standard InChI is InChI=1S/C77H144O5/c1-3-5-7-9-11-13-15-17-19-21-23-25-27-29-31-33-34-35-36-37-38-39-40-41-42-44-46-48-50-52-54-56-58-60-62-64-66-68-70-72-77(80)82-75(73-78)74-81-76(79)71-69-67-65-63-61-59-57-55-53-51-49-47-45-43-32-30-28-26-24-22-20-18-16-14-12-10-8-6-4-2/h5,7,11,13,17,19,23,25,75,78H,3-4,6,8-10,12,14-16,18,20-22,24,26-74H2,1-2H3/b7-5-,13-11-,19-17-,25-23-. The fourth-order valence-electron chi connectivity index (χ4n) is 11.6. The first-order chi connectivity index (χ1) is 40.6. The summed E-state index contributed by atoms with van der Waals surface area (Å²) in [6, 6.07) is 0. The number of allylic oxidation sites excluding steroid dienone is 8. The molecule has 0 aromatic rings. The lowest BCUT2D eigenvalue weighted by atomic mass is 10.0. The fourth-order valence-corrected chi connectivity index (χ4v) is 11.6. The third-order valence-corrected chi connectivity index (χ3v) is 17.1. The molecule has 1 atom stereocenters. The van der Waals surface area contributed by atoms with Gasteiger partial charge < -0.3 is 14.6 Å². The summed E-state index contributed by atoms with van der Waals surface area (Å²) in [5.41, 5.74) is 0. The second kappa shape index (κ2) is 73.1. The zero-order chi connectivity index (χ0) is 59.1. The van der Waals surface area contributed by atoms with Crippen molar-refractivity contribution >= 4 is 11.9 Å². The third-order valence-electron chi connectivity index (χ3n) is 17.1. The number of aliphatic hydroxyl groups excluding tert-OH is 1. The lowest BCUT2D eigenvalue weighted by molar-refractivity contribution is -0.161. The largest absolute Gasteiger partial charge is 0.462 e. The van der Waals surface area contributed by atoms with E-state index in [0.717, 1.165) is 57.8 Å². The second-order valence-corrected chi connectivity index (χ2v) is 25.4. The molecule has 1 unspecified atom stereocenters. The highest BCUT2D eigenvalue weighted by atomic mass is 16.6. The SMILES string of the molecule is CC/C=C\C/C=C\C/C=C\C/C=C\CCCCCCCCCCCCCCCCCCCCCCCCCCCCC(=O)OC(CO)COC(=O)CCCCCCCCCCCCCCCCCCCCCCCCCCCCCCC. The summed E-state index contributed by atoms with van der Waals surface area (Å²) < 4.78 is 10.8. The fraction of sp³-hybridized carbons (Fsp3) is 0.870. The zero-order valence-corrected chi connectivity index (χ0v) is 55.5. The molecule has 5 heteroatoms. The smallest absolute Gasteiger partial charge is 0.306 e. The lowest BCUT2D eigenvalue weighted by Gasteiger charge is -2.15. The van der Waals surface area contributed by atoms with Crippen LogP contribution in [0, 0.1) is 0 Å². The molecule has 0 aliphatic carbocycles. The van der Waals surface area contributed by atoms with Crippen molar-refractivity contribution in [2.45, 2.75) is 418 Å². The van der Waals surface area contributed by atoms with Gasteiger partial charge in [0.2, 0.25) is 0 Å². The molecular formula is C77H144O5. The minimum Gasteiger partial charge on any atom is -0.462 e. The molecule has 0 saturated heterocycles. The summed E-state index contributed by atoms with van der Waals surface area (Å²) >= 11 is 0. The summed E-state index contributed by atoms with van der Waals surface area (Å²) in [5.74, 6) is -0.562.